The molecule has 0 fully saturated rings. The lowest BCUT2D eigenvalue weighted by atomic mass is 10.1. The summed E-state index contributed by atoms with van der Waals surface area (Å²) in [6.07, 6.45) is 1.84. The summed E-state index contributed by atoms with van der Waals surface area (Å²) in [5, 5.41) is 15.5. The molecule has 0 aliphatic heterocycles. The minimum Gasteiger partial charge on any atom is -0.374 e. The zero-order chi connectivity index (χ0) is 13.6. The van der Waals surface area contributed by atoms with Gasteiger partial charge in [0.25, 0.3) is 0 Å². The largest absolute Gasteiger partial charge is 0.374 e. The molecule has 1 aromatic rings. The van der Waals surface area contributed by atoms with Crippen LogP contribution in [0.2, 0.25) is 0 Å². The monoisotopic (exact) mass is 255 g/mol. The second-order valence-electron chi connectivity index (χ2n) is 5.47. The van der Waals surface area contributed by atoms with Crippen molar-refractivity contribution in [2.45, 2.75) is 52.2 Å². The Labute approximate surface area is 109 Å². The Morgan fingerprint density at radius 2 is 2.11 bits per heavy atom. The van der Waals surface area contributed by atoms with Crippen LogP contribution in [0.5, 0.6) is 0 Å². The summed E-state index contributed by atoms with van der Waals surface area (Å²) >= 11 is 0. The van der Waals surface area contributed by atoms with E-state index >= 15 is 0 Å². The predicted octanol–water partition coefficient (Wildman–Crippen LogP) is 0.936. The Bertz CT molecular complexity index is 344. The van der Waals surface area contributed by atoms with Gasteiger partial charge in [-0.2, -0.15) is 4.80 Å². The summed E-state index contributed by atoms with van der Waals surface area (Å²) in [5.41, 5.74) is -0.123. The summed E-state index contributed by atoms with van der Waals surface area (Å²) in [5.74, 6) is 0.753. The molecular weight excluding hydrogens is 230 g/mol. The van der Waals surface area contributed by atoms with Crippen molar-refractivity contribution in [1.82, 2.24) is 25.5 Å². The lowest BCUT2D eigenvalue weighted by molar-refractivity contribution is -0.0145. The molecule has 104 valence electrons. The van der Waals surface area contributed by atoms with E-state index in [0.717, 1.165) is 25.2 Å². The molecule has 0 aliphatic carbocycles. The van der Waals surface area contributed by atoms with Crippen LogP contribution in [0.3, 0.4) is 0 Å². The molecule has 1 aromatic heterocycles. The highest BCUT2D eigenvalue weighted by Crippen LogP contribution is 2.08. The van der Waals surface area contributed by atoms with Gasteiger partial charge in [0.2, 0.25) is 0 Å². The lowest BCUT2D eigenvalue weighted by Gasteiger charge is -2.24. The number of aromatic nitrogens is 4. The van der Waals surface area contributed by atoms with E-state index < -0.39 is 0 Å². The Kier molecular flexibility index (Phi) is 5.68. The van der Waals surface area contributed by atoms with Gasteiger partial charge in [0.1, 0.15) is 0 Å². The van der Waals surface area contributed by atoms with Crippen LogP contribution >= 0.6 is 0 Å². The van der Waals surface area contributed by atoms with Crippen molar-refractivity contribution in [2.75, 3.05) is 13.2 Å². The topological polar surface area (TPSA) is 64.9 Å². The number of tetrazole rings is 1. The Morgan fingerprint density at radius 3 is 2.61 bits per heavy atom. The van der Waals surface area contributed by atoms with Gasteiger partial charge in [0, 0.05) is 12.5 Å². The quantitative estimate of drug-likeness (QED) is 0.785. The van der Waals surface area contributed by atoms with Crippen LogP contribution in [0.25, 0.3) is 0 Å². The van der Waals surface area contributed by atoms with Gasteiger partial charge in [-0.1, -0.05) is 6.92 Å². The van der Waals surface area contributed by atoms with Crippen LogP contribution in [-0.4, -0.2) is 45.0 Å². The second-order valence-corrected chi connectivity index (χ2v) is 5.47. The van der Waals surface area contributed by atoms with E-state index in [4.69, 9.17) is 4.74 Å². The van der Waals surface area contributed by atoms with Crippen molar-refractivity contribution in [3.8, 4) is 0 Å². The molecule has 1 heterocycles. The third-order valence-electron chi connectivity index (χ3n) is 2.38. The average Bonchev–Trinajstić information content (AvgIpc) is 2.67. The van der Waals surface area contributed by atoms with Gasteiger partial charge >= 0.3 is 0 Å². The minimum atomic E-state index is -0.123. The summed E-state index contributed by atoms with van der Waals surface area (Å²) in [6.45, 7) is 9.95. The zero-order valence-corrected chi connectivity index (χ0v) is 12.1. The van der Waals surface area contributed by atoms with Crippen molar-refractivity contribution in [3.63, 3.8) is 0 Å². The van der Waals surface area contributed by atoms with E-state index in [1.54, 1.807) is 7.05 Å². The van der Waals surface area contributed by atoms with Crippen molar-refractivity contribution < 1.29 is 4.74 Å². The van der Waals surface area contributed by atoms with Crippen LogP contribution < -0.4 is 5.32 Å². The third-order valence-corrected chi connectivity index (χ3v) is 2.38. The number of ether oxygens (including phenoxy) is 1. The molecule has 0 spiro atoms. The molecule has 6 heteroatoms. The molecule has 0 saturated heterocycles. The fourth-order valence-corrected chi connectivity index (χ4v) is 1.51. The van der Waals surface area contributed by atoms with Gasteiger partial charge < -0.3 is 10.1 Å². The maximum Gasteiger partial charge on any atom is 0.176 e. The molecule has 0 radical (unpaired) electrons. The molecule has 1 N–H and O–H groups in total. The fourth-order valence-electron chi connectivity index (χ4n) is 1.51. The Hall–Kier alpha value is -1.01. The number of hydrogen-bond donors (Lipinski definition) is 1. The molecule has 0 bridgehead atoms. The molecule has 0 saturated carbocycles. The number of hydrogen-bond acceptors (Lipinski definition) is 5. The maximum absolute atomic E-state index is 5.82. The van der Waals surface area contributed by atoms with Crippen LogP contribution in [0.4, 0.5) is 0 Å². The molecule has 0 aromatic carbocycles. The standard InChI is InChI=1S/C12H25N5O/c1-6-7-13-10(9-18-12(2,3)4)8-11-14-16-17(5)15-11/h10,13H,6-9H2,1-5H3. The molecule has 18 heavy (non-hydrogen) atoms. The smallest absolute Gasteiger partial charge is 0.176 e. The van der Waals surface area contributed by atoms with Crippen molar-refractivity contribution in [2.24, 2.45) is 7.05 Å². The third kappa shape index (κ3) is 6.07. The zero-order valence-electron chi connectivity index (χ0n) is 12.1. The van der Waals surface area contributed by atoms with Crippen LogP contribution in [-0.2, 0) is 18.2 Å². The molecule has 0 aliphatic rings. The van der Waals surface area contributed by atoms with Crippen LogP contribution in [0, 0.1) is 0 Å². The summed E-state index contributed by atoms with van der Waals surface area (Å²) in [7, 11) is 1.77. The van der Waals surface area contributed by atoms with Crippen molar-refractivity contribution >= 4 is 0 Å². The highest BCUT2D eigenvalue weighted by Gasteiger charge is 2.17. The SMILES string of the molecule is CCCNC(COC(C)(C)C)Cc1nnn(C)n1. The maximum atomic E-state index is 5.82. The fraction of sp³-hybridized carbons (Fsp3) is 0.917. The Morgan fingerprint density at radius 1 is 1.39 bits per heavy atom. The number of rotatable bonds is 7. The number of aryl methyl sites for hydroxylation is 1. The van der Waals surface area contributed by atoms with E-state index in [1.165, 1.54) is 4.80 Å². The molecule has 1 unspecified atom stereocenters. The molecule has 1 rings (SSSR count). The minimum absolute atomic E-state index is 0.123. The second kappa shape index (κ2) is 6.80. The van der Waals surface area contributed by atoms with Crippen molar-refractivity contribution in [1.29, 1.82) is 0 Å². The average molecular weight is 255 g/mol. The molecule has 6 nitrogen and oxygen atoms in total. The first kappa shape index (κ1) is 15.0. The predicted molar refractivity (Wildman–Crippen MR) is 70.3 cm³/mol. The summed E-state index contributed by atoms with van der Waals surface area (Å²) < 4.78 is 5.82. The molecule has 1 atom stereocenters. The summed E-state index contributed by atoms with van der Waals surface area (Å²) in [6, 6.07) is 0.230. The van der Waals surface area contributed by atoms with Gasteiger partial charge in [0.05, 0.1) is 19.3 Å². The van der Waals surface area contributed by atoms with Gasteiger partial charge in [-0.05, 0) is 39.0 Å². The van der Waals surface area contributed by atoms with Gasteiger partial charge in [-0.3, -0.25) is 0 Å². The van der Waals surface area contributed by atoms with E-state index in [2.05, 4.69) is 48.4 Å². The van der Waals surface area contributed by atoms with Crippen LogP contribution in [0.15, 0.2) is 0 Å². The first-order valence-electron chi connectivity index (χ1n) is 6.51. The van der Waals surface area contributed by atoms with Gasteiger partial charge in [-0.15, -0.1) is 10.2 Å². The van der Waals surface area contributed by atoms with Crippen molar-refractivity contribution in [3.05, 3.63) is 5.82 Å². The first-order valence-corrected chi connectivity index (χ1v) is 6.51. The summed E-state index contributed by atoms with van der Waals surface area (Å²) in [4.78, 5) is 1.48. The van der Waals surface area contributed by atoms with E-state index in [1.807, 2.05) is 0 Å². The van der Waals surface area contributed by atoms with E-state index in [0.29, 0.717) is 6.61 Å². The van der Waals surface area contributed by atoms with Crippen LogP contribution in [0.1, 0.15) is 39.9 Å². The number of nitrogens with zero attached hydrogens (tertiary/aromatic N) is 4. The van der Waals surface area contributed by atoms with Gasteiger partial charge in [-0.25, -0.2) is 0 Å². The highest BCUT2D eigenvalue weighted by molar-refractivity contribution is 4.85. The first-order chi connectivity index (χ1) is 8.40. The normalized spacial score (nSPS) is 13.8. The molecular formula is C12H25N5O. The van der Waals surface area contributed by atoms with E-state index in [-0.39, 0.29) is 11.6 Å². The van der Waals surface area contributed by atoms with E-state index in [9.17, 15) is 0 Å². The highest BCUT2D eigenvalue weighted by atomic mass is 16.5. The molecule has 0 amide bonds. The lowest BCUT2D eigenvalue weighted by Crippen LogP contribution is -2.39. The Balaban J connectivity index is 2.49. The van der Waals surface area contributed by atoms with Gasteiger partial charge in [0.15, 0.2) is 5.82 Å². The number of nitrogens with one attached hydrogen (secondary N) is 1.